The summed E-state index contributed by atoms with van der Waals surface area (Å²) < 4.78 is 79.7. The van der Waals surface area contributed by atoms with E-state index >= 15 is 0 Å². The molecule has 2 atom stereocenters. The number of aromatic nitrogens is 3. The molecule has 216 valence electrons. The minimum Gasteiger partial charge on any atom is -0.382 e. The van der Waals surface area contributed by atoms with Crippen LogP contribution in [0.5, 0.6) is 0 Å². The number of aliphatic hydroxyl groups is 1. The minimum absolute atomic E-state index is 0.0160. The van der Waals surface area contributed by atoms with Crippen LogP contribution in [0.2, 0.25) is 5.02 Å². The van der Waals surface area contributed by atoms with Crippen LogP contribution >= 0.6 is 11.6 Å². The van der Waals surface area contributed by atoms with Gasteiger partial charge in [-0.2, -0.15) is 26.3 Å². The van der Waals surface area contributed by atoms with Crippen molar-refractivity contribution in [3.05, 3.63) is 75.2 Å². The van der Waals surface area contributed by atoms with E-state index in [-0.39, 0.29) is 23.4 Å². The molecule has 1 unspecified atom stereocenters. The zero-order chi connectivity index (χ0) is 29.9. The summed E-state index contributed by atoms with van der Waals surface area (Å²) in [5, 5.41) is 18.5. The van der Waals surface area contributed by atoms with Gasteiger partial charge in [-0.1, -0.05) is 23.7 Å². The highest BCUT2D eigenvalue weighted by Crippen LogP contribution is 2.32. The number of nitrogens with zero attached hydrogens (tertiary/aromatic N) is 3. The summed E-state index contributed by atoms with van der Waals surface area (Å²) in [6.45, 7) is -1.07. The number of aliphatic hydroxyl groups excluding tert-OH is 1. The SMILES string of the molecule is CC(CNC(=O)Cn1nc(-c2ccc(Cl)cc2)n(C[C@H](O)C(F)(F)F)c1=O)(NC=O)c1cccc(C(F)(F)F)c1. The van der Waals surface area contributed by atoms with Gasteiger partial charge in [-0.3, -0.25) is 14.2 Å². The van der Waals surface area contributed by atoms with Crippen molar-refractivity contribution in [2.45, 2.75) is 44.0 Å². The fourth-order valence-corrected chi connectivity index (χ4v) is 3.80. The number of hydrogen-bond acceptors (Lipinski definition) is 5. The van der Waals surface area contributed by atoms with E-state index in [1.54, 1.807) is 0 Å². The maximum Gasteiger partial charge on any atom is 0.416 e. The summed E-state index contributed by atoms with van der Waals surface area (Å²) in [5.74, 6) is -1.18. The average molecular weight is 594 g/mol. The monoisotopic (exact) mass is 593 g/mol. The Labute approximate surface area is 227 Å². The maximum absolute atomic E-state index is 13.2. The van der Waals surface area contributed by atoms with Crippen LogP contribution in [0, 0.1) is 0 Å². The second kappa shape index (κ2) is 11.7. The van der Waals surface area contributed by atoms with Crippen molar-refractivity contribution in [3.8, 4) is 11.4 Å². The van der Waals surface area contributed by atoms with Gasteiger partial charge in [0.05, 0.1) is 17.6 Å². The predicted molar refractivity (Wildman–Crippen MR) is 130 cm³/mol. The van der Waals surface area contributed by atoms with E-state index in [9.17, 15) is 45.8 Å². The Kier molecular flexibility index (Phi) is 8.99. The van der Waals surface area contributed by atoms with Crippen LogP contribution in [-0.2, 0) is 34.4 Å². The van der Waals surface area contributed by atoms with Gasteiger partial charge in [0.1, 0.15) is 6.54 Å². The first kappa shape index (κ1) is 30.7. The standard InChI is InChI=1S/C24H22ClF6N5O4/c1-22(33-13-37,15-3-2-4-16(9-15)23(26,27)28)12-32-19(39)11-36-21(40)35(10-18(38)24(29,30)31)20(34-36)14-5-7-17(25)8-6-14/h2-9,13,18,38H,10-12H2,1H3,(H,32,39)(H,33,37)/t18-,22?/m0/s1. The fraction of sp³-hybridized carbons (Fsp3) is 0.333. The third-order valence-electron chi connectivity index (χ3n) is 5.90. The molecule has 0 aliphatic rings. The highest BCUT2D eigenvalue weighted by atomic mass is 35.5. The molecule has 0 fully saturated rings. The maximum atomic E-state index is 13.2. The molecule has 2 amide bonds. The Balaban J connectivity index is 1.87. The van der Waals surface area contributed by atoms with Crippen LogP contribution in [0.25, 0.3) is 11.4 Å². The van der Waals surface area contributed by atoms with Gasteiger partial charge in [-0.15, -0.1) is 5.10 Å². The molecule has 40 heavy (non-hydrogen) atoms. The van der Waals surface area contributed by atoms with Gasteiger partial charge in [-0.05, 0) is 48.9 Å². The summed E-state index contributed by atoms with van der Waals surface area (Å²) in [5.41, 5.74) is -3.45. The van der Waals surface area contributed by atoms with E-state index in [2.05, 4.69) is 15.7 Å². The molecule has 0 aliphatic heterocycles. The lowest BCUT2D eigenvalue weighted by atomic mass is 9.90. The van der Waals surface area contributed by atoms with Crippen molar-refractivity contribution in [3.63, 3.8) is 0 Å². The van der Waals surface area contributed by atoms with E-state index in [1.165, 1.54) is 37.3 Å². The molecular weight excluding hydrogens is 572 g/mol. The van der Waals surface area contributed by atoms with E-state index in [4.69, 9.17) is 11.6 Å². The molecule has 3 rings (SSSR count). The zero-order valence-corrected chi connectivity index (χ0v) is 21.3. The molecule has 0 saturated heterocycles. The largest absolute Gasteiger partial charge is 0.416 e. The number of halogens is 7. The Hall–Kier alpha value is -3.85. The molecule has 0 spiro atoms. The van der Waals surface area contributed by atoms with E-state index < -0.39 is 60.8 Å². The molecule has 3 aromatic rings. The lowest BCUT2D eigenvalue weighted by Crippen LogP contribution is -2.49. The van der Waals surface area contributed by atoms with Gasteiger partial charge < -0.3 is 15.7 Å². The Morgan fingerprint density at radius 2 is 1.73 bits per heavy atom. The number of carbonyl (C=O) groups is 2. The van der Waals surface area contributed by atoms with E-state index in [0.29, 0.717) is 14.3 Å². The second-order valence-corrected chi connectivity index (χ2v) is 9.32. The quantitative estimate of drug-likeness (QED) is 0.247. The van der Waals surface area contributed by atoms with Crippen LogP contribution in [0.3, 0.4) is 0 Å². The van der Waals surface area contributed by atoms with Crippen molar-refractivity contribution in [1.29, 1.82) is 0 Å². The molecule has 2 aromatic carbocycles. The summed E-state index contributed by atoms with van der Waals surface area (Å²) in [6, 6.07) is 9.62. The Morgan fingerprint density at radius 1 is 1.10 bits per heavy atom. The number of rotatable bonds is 10. The molecule has 3 N–H and O–H groups in total. The Morgan fingerprint density at radius 3 is 2.30 bits per heavy atom. The van der Waals surface area contributed by atoms with Crippen molar-refractivity contribution >= 4 is 23.9 Å². The predicted octanol–water partition coefficient (Wildman–Crippen LogP) is 3.08. The fourth-order valence-electron chi connectivity index (χ4n) is 3.67. The number of benzene rings is 2. The summed E-state index contributed by atoms with van der Waals surface area (Å²) in [6.07, 6.45) is -12.4. The summed E-state index contributed by atoms with van der Waals surface area (Å²) in [4.78, 5) is 36.8. The first-order valence-electron chi connectivity index (χ1n) is 11.4. The summed E-state index contributed by atoms with van der Waals surface area (Å²) in [7, 11) is 0. The number of alkyl halides is 6. The van der Waals surface area contributed by atoms with Crippen LogP contribution in [0.4, 0.5) is 26.3 Å². The van der Waals surface area contributed by atoms with Gasteiger partial charge in [-0.25, -0.2) is 9.48 Å². The van der Waals surface area contributed by atoms with E-state index in [1.807, 2.05) is 0 Å². The highest BCUT2D eigenvalue weighted by molar-refractivity contribution is 6.30. The second-order valence-electron chi connectivity index (χ2n) is 8.89. The Bertz CT molecular complexity index is 1420. The van der Waals surface area contributed by atoms with Gasteiger partial charge in [0.2, 0.25) is 12.3 Å². The first-order chi connectivity index (χ1) is 18.5. The van der Waals surface area contributed by atoms with Crippen LogP contribution in [0.15, 0.2) is 53.3 Å². The van der Waals surface area contributed by atoms with E-state index in [0.717, 1.165) is 18.2 Å². The number of nitrogens with one attached hydrogen (secondary N) is 2. The zero-order valence-electron chi connectivity index (χ0n) is 20.6. The number of hydrogen-bond donors (Lipinski definition) is 3. The van der Waals surface area contributed by atoms with Gasteiger partial charge in [0.25, 0.3) is 0 Å². The van der Waals surface area contributed by atoms with Gasteiger partial charge in [0, 0.05) is 17.1 Å². The third-order valence-corrected chi connectivity index (χ3v) is 6.15. The van der Waals surface area contributed by atoms with Crippen molar-refractivity contribution in [2.75, 3.05) is 6.54 Å². The van der Waals surface area contributed by atoms with Crippen LogP contribution < -0.4 is 16.3 Å². The molecule has 1 heterocycles. The van der Waals surface area contributed by atoms with Crippen LogP contribution in [-0.4, -0.2) is 50.6 Å². The molecular formula is C24H22ClF6N5O4. The molecule has 1 aromatic heterocycles. The molecule has 9 nitrogen and oxygen atoms in total. The molecule has 0 radical (unpaired) electrons. The first-order valence-corrected chi connectivity index (χ1v) is 11.8. The highest BCUT2D eigenvalue weighted by Gasteiger charge is 2.39. The number of carbonyl (C=O) groups excluding carboxylic acids is 2. The van der Waals surface area contributed by atoms with Crippen molar-refractivity contribution in [2.24, 2.45) is 0 Å². The lowest BCUT2D eigenvalue weighted by molar-refractivity contribution is -0.207. The average Bonchev–Trinajstić information content (AvgIpc) is 3.17. The molecule has 0 aliphatic carbocycles. The van der Waals surface area contributed by atoms with Crippen molar-refractivity contribution < 1.29 is 41.0 Å². The van der Waals surface area contributed by atoms with Crippen LogP contribution in [0.1, 0.15) is 18.1 Å². The molecule has 0 bridgehead atoms. The smallest absolute Gasteiger partial charge is 0.382 e. The topological polar surface area (TPSA) is 118 Å². The minimum atomic E-state index is -5.05. The van der Waals surface area contributed by atoms with Crippen molar-refractivity contribution in [1.82, 2.24) is 25.0 Å². The third kappa shape index (κ3) is 7.21. The normalized spacial score (nSPS) is 14.3. The molecule has 0 saturated carbocycles. The molecule has 16 heteroatoms. The van der Waals surface area contributed by atoms with Gasteiger partial charge in [0.15, 0.2) is 11.9 Å². The van der Waals surface area contributed by atoms with Gasteiger partial charge >= 0.3 is 18.0 Å². The lowest BCUT2D eigenvalue weighted by Gasteiger charge is -2.30. The number of amides is 2. The summed E-state index contributed by atoms with van der Waals surface area (Å²) >= 11 is 5.84.